The third kappa shape index (κ3) is 4.98. The molecule has 2 rings (SSSR count). The predicted octanol–water partition coefficient (Wildman–Crippen LogP) is 4.72. The summed E-state index contributed by atoms with van der Waals surface area (Å²) in [4.78, 5) is 14.9. The molecule has 0 radical (unpaired) electrons. The van der Waals surface area contributed by atoms with Gasteiger partial charge in [-0.05, 0) is 52.3 Å². The predicted molar refractivity (Wildman–Crippen MR) is 116 cm³/mol. The van der Waals surface area contributed by atoms with E-state index in [1.807, 2.05) is 18.2 Å². The minimum absolute atomic E-state index is 0.0374. The van der Waals surface area contributed by atoms with Crippen molar-refractivity contribution in [1.29, 1.82) is 0 Å². The van der Waals surface area contributed by atoms with Crippen LogP contribution in [0.5, 0.6) is 11.5 Å². The third-order valence-electron chi connectivity index (χ3n) is 3.32. The highest BCUT2D eigenvalue weighted by molar-refractivity contribution is 14.1. The summed E-state index contributed by atoms with van der Waals surface area (Å²) in [6.07, 6.45) is 3.53. The first-order chi connectivity index (χ1) is 11.9. The molecule has 1 heterocycles. The standard InChI is InChI=1S/C18H20INO3S2/c1-5-6-23-16-13(19)7-12(8-14(16)22-4)9-15-17(21)20(10-11(2)3)18(24)25-15/h5,7-9,11H,1,6,10H2,2-4H3/b15-9-. The van der Waals surface area contributed by atoms with Crippen molar-refractivity contribution >= 4 is 62.9 Å². The summed E-state index contributed by atoms with van der Waals surface area (Å²) in [6.45, 7) is 8.83. The van der Waals surface area contributed by atoms with Crippen molar-refractivity contribution in [3.8, 4) is 11.5 Å². The van der Waals surface area contributed by atoms with Gasteiger partial charge in [-0.25, -0.2) is 0 Å². The first-order valence-corrected chi connectivity index (χ1v) is 10.0. The number of nitrogens with zero attached hydrogens (tertiary/aromatic N) is 1. The van der Waals surface area contributed by atoms with Gasteiger partial charge in [0.2, 0.25) is 0 Å². The number of carbonyl (C=O) groups excluding carboxylic acids is 1. The molecule has 134 valence electrons. The Balaban J connectivity index is 2.32. The van der Waals surface area contributed by atoms with Crippen molar-refractivity contribution in [2.75, 3.05) is 20.3 Å². The Bertz CT molecular complexity index is 731. The van der Waals surface area contributed by atoms with Crippen molar-refractivity contribution in [1.82, 2.24) is 4.90 Å². The zero-order valence-corrected chi connectivity index (χ0v) is 18.2. The number of benzene rings is 1. The fourth-order valence-corrected chi connectivity index (χ4v) is 4.34. The molecule has 1 fully saturated rings. The molecule has 0 atom stereocenters. The molecule has 1 aliphatic heterocycles. The van der Waals surface area contributed by atoms with Crippen LogP contribution in [0.25, 0.3) is 6.08 Å². The lowest BCUT2D eigenvalue weighted by Gasteiger charge is -2.16. The number of rotatable bonds is 7. The second-order valence-electron chi connectivity index (χ2n) is 5.82. The Morgan fingerprint density at radius 2 is 2.16 bits per heavy atom. The van der Waals surface area contributed by atoms with Gasteiger partial charge >= 0.3 is 0 Å². The zero-order chi connectivity index (χ0) is 18.6. The van der Waals surface area contributed by atoms with Gasteiger partial charge in [0.05, 0.1) is 15.6 Å². The van der Waals surface area contributed by atoms with E-state index < -0.39 is 0 Å². The van der Waals surface area contributed by atoms with Crippen molar-refractivity contribution in [3.63, 3.8) is 0 Å². The normalized spacial score (nSPS) is 16.0. The lowest BCUT2D eigenvalue weighted by molar-refractivity contribution is -0.122. The van der Waals surface area contributed by atoms with E-state index >= 15 is 0 Å². The molecule has 7 heteroatoms. The molecule has 1 saturated heterocycles. The summed E-state index contributed by atoms with van der Waals surface area (Å²) < 4.78 is 12.6. The van der Waals surface area contributed by atoms with Crippen molar-refractivity contribution in [2.45, 2.75) is 13.8 Å². The van der Waals surface area contributed by atoms with Gasteiger partial charge in [0.25, 0.3) is 5.91 Å². The van der Waals surface area contributed by atoms with Crippen LogP contribution in [-0.4, -0.2) is 35.4 Å². The molecule has 0 N–H and O–H groups in total. The second kappa shape index (κ2) is 9.05. The number of ether oxygens (including phenoxy) is 2. The van der Waals surface area contributed by atoms with Gasteiger partial charge in [0.1, 0.15) is 10.9 Å². The highest BCUT2D eigenvalue weighted by Gasteiger charge is 2.32. The minimum atomic E-state index is -0.0374. The number of hydrogen-bond donors (Lipinski definition) is 0. The molecule has 1 amide bonds. The van der Waals surface area contributed by atoms with E-state index in [0.717, 1.165) is 9.13 Å². The van der Waals surface area contributed by atoms with Crippen LogP contribution in [0.15, 0.2) is 29.7 Å². The summed E-state index contributed by atoms with van der Waals surface area (Å²) in [7, 11) is 1.60. The SMILES string of the molecule is C=CCOc1c(I)cc(/C=C2\SC(=S)N(CC(C)C)C2=O)cc1OC. The number of halogens is 1. The molecule has 1 aromatic carbocycles. The molecular weight excluding hydrogens is 469 g/mol. The molecule has 1 aliphatic rings. The van der Waals surface area contributed by atoms with Crippen molar-refractivity contribution in [2.24, 2.45) is 5.92 Å². The number of hydrogen-bond acceptors (Lipinski definition) is 5. The van der Waals surface area contributed by atoms with Crippen LogP contribution in [0.2, 0.25) is 0 Å². The molecule has 0 aliphatic carbocycles. The fourth-order valence-electron chi connectivity index (χ4n) is 2.28. The Morgan fingerprint density at radius 1 is 1.44 bits per heavy atom. The largest absolute Gasteiger partial charge is 0.493 e. The van der Waals surface area contributed by atoms with Crippen LogP contribution in [-0.2, 0) is 4.79 Å². The molecule has 1 aromatic rings. The molecule has 0 saturated carbocycles. The summed E-state index contributed by atoms with van der Waals surface area (Å²) >= 11 is 8.88. The first-order valence-electron chi connectivity index (χ1n) is 7.74. The number of methoxy groups -OCH3 is 1. The Labute approximate surface area is 171 Å². The highest BCUT2D eigenvalue weighted by atomic mass is 127. The van der Waals surface area contributed by atoms with Crippen LogP contribution >= 0.6 is 46.6 Å². The summed E-state index contributed by atoms with van der Waals surface area (Å²) in [6, 6.07) is 3.81. The minimum Gasteiger partial charge on any atom is -0.493 e. The topological polar surface area (TPSA) is 38.8 Å². The van der Waals surface area contributed by atoms with Crippen LogP contribution in [0, 0.1) is 9.49 Å². The van der Waals surface area contributed by atoms with E-state index in [1.54, 1.807) is 18.1 Å². The molecule has 0 aromatic heterocycles. The van der Waals surface area contributed by atoms with Gasteiger partial charge in [-0.3, -0.25) is 9.69 Å². The molecular formula is C18H20INO3S2. The van der Waals surface area contributed by atoms with Crippen LogP contribution < -0.4 is 9.47 Å². The van der Waals surface area contributed by atoms with Crippen LogP contribution in [0.4, 0.5) is 0 Å². The maximum absolute atomic E-state index is 12.6. The third-order valence-corrected chi connectivity index (χ3v) is 5.50. The lowest BCUT2D eigenvalue weighted by Crippen LogP contribution is -2.31. The van der Waals surface area contributed by atoms with E-state index in [9.17, 15) is 4.79 Å². The number of amides is 1. The Hall–Kier alpha value is -1.06. The maximum atomic E-state index is 12.6. The van der Waals surface area contributed by atoms with E-state index in [2.05, 4.69) is 43.0 Å². The average Bonchev–Trinajstić information content (AvgIpc) is 2.80. The molecule has 25 heavy (non-hydrogen) atoms. The van der Waals surface area contributed by atoms with Crippen LogP contribution in [0.3, 0.4) is 0 Å². The van der Waals surface area contributed by atoms with Crippen molar-refractivity contribution < 1.29 is 14.3 Å². The van der Waals surface area contributed by atoms with E-state index in [1.165, 1.54) is 11.8 Å². The van der Waals surface area contributed by atoms with Gasteiger partial charge in [-0.15, -0.1) is 0 Å². The summed E-state index contributed by atoms with van der Waals surface area (Å²) in [5, 5.41) is 0. The second-order valence-corrected chi connectivity index (χ2v) is 8.66. The van der Waals surface area contributed by atoms with Crippen LogP contribution in [0.1, 0.15) is 19.4 Å². The molecule has 0 unspecified atom stereocenters. The quantitative estimate of drug-likeness (QED) is 0.240. The fraction of sp³-hybridized carbons (Fsp3) is 0.333. The van der Waals surface area contributed by atoms with Gasteiger partial charge < -0.3 is 9.47 Å². The van der Waals surface area contributed by atoms with Gasteiger partial charge in [-0.1, -0.05) is 50.5 Å². The maximum Gasteiger partial charge on any atom is 0.266 e. The monoisotopic (exact) mass is 489 g/mol. The smallest absolute Gasteiger partial charge is 0.266 e. The first kappa shape index (κ1) is 20.3. The number of thiocarbonyl (C=S) groups is 1. The Morgan fingerprint density at radius 3 is 2.76 bits per heavy atom. The molecule has 0 bridgehead atoms. The molecule has 0 spiro atoms. The van der Waals surface area contributed by atoms with E-state index in [-0.39, 0.29) is 5.91 Å². The van der Waals surface area contributed by atoms with E-state index in [4.69, 9.17) is 21.7 Å². The number of thioether (sulfide) groups is 1. The van der Waals surface area contributed by atoms with Crippen molar-refractivity contribution in [3.05, 3.63) is 38.8 Å². The lowest BCUT2D eigenvalue weighted by atomic mass is 10.1. The van der Waals surface area contributed by atoms with E-state index in [0.29, 0.717) is 39.8 Å². The van der Waals surface area contributed by atoms with Gasteiger partial charge in [0, 0.05) is 6.54 Å². The van der Waals surface area contributed by atoms with Gasteiger partial charge in [-0.2, -0.15) is 0 Å². The zero-order valence-electron chi connectivity index (χ0n) is 14.4. The summed E-state index contributed by atoms with van der Waals surface area (Å²) in [5.74, 6) is 1.62. The highest BCUT2D eigenvalue weighted by Crippen LogP contribution is 2.37. The molecule has 4 nitrogen and oxygen atoms in total. The van der Waals surface area contributed by atoms with Gasteiger partial charge in [0.15, 0.2) is 11.5 Å². The number of carbonyl (C=O) groups is 1. The summed E-state index contributed by atoms with van der Waals surface area (Å²) in [5.41, 5.74) is 0.872. The Kier molecular flexibility index (Phi) is 7.33. The average molecular weight is 489 g/mol.